The number of rotatable bonds is 8. The van der Waals surface area contributed by atoms with Crippen molar-refractivity contribution in [2.75, 3.05) is 19.6 Å². The number of primary sulfonamides is 1. The van der Waals surface area contributed by atoms with E-state index in [4.69, 9.17) is 10.1 Å². The molecule has 3 saturated heterocycles. The number of hydrogen-bond donors (Lipinski definition) is 1. The maximum atomic E-state index is 14.6. The molecule has 48 heavy (non-hydrogen) atoms. The molecule has 2 atom stereocenters. The van der Waals surface area contributed by atoms with E-state index in [0.717, 1.165) is 61.6 Å². The highest BCUT2D eigenvalue weighted by molar-refractivity contribution is 7.89. The summed E-state index contributed by atoms with van der Waals surface area (Å²) in [4.78, 5) is 21.6. The van der Waals surface area contributed by atoms with E-state index in [0.29, 0.717) is 50.1 Å². The first-order chi connectivity index (χ1) is 22.9. The molecule has 254 valence electrons. The number of para-hydroxylation sites is 2. The van der Waals surface area contributed by atoms with Crippen LogP contribution >= 0.6 is 0 Å². The van der Waals surface area contributed by atoms with Crippen LogP contribution in [0.1, 0.15) is 67.9 Å². The number of benzene rings is 3. The number of carbonyl (C=O) groups is 1. The van der Waals surface area contributed by atoms with Gasteiger partial charge >= 0.3 is 0 Å². The topological polar surface area (TPSA) is 102 Å². The Morgan fingerprint density at radius 1 is 0.938 bits per heavy atom. The summed E-state index contributed by atoms with van der Waals surface area (Å²) in [7, 11) is -4.43. The average Bonchev–Trinajstić information content (AvgIpc) is 3.51. The lowest BCUT2D eigenvalue weighted by molar-refractivity contribution is -0.132. The number of hydrogen-bond acceptors (Lipinski definition) is 5. The van der Waals surface area contributed by atoms with Crippen molar-refractivity contribution in [1.29, 1.82) is 0 Å². The lowest BCUT2D eigenvalue weighted by Gasteiger charge is -2.45. The first kappa shape index (κ1) is 32.8. The molecular formula is C36H40F3N5O3S. The lowest BCUT2D eigenvalue weighted by Crippen LogP contribution is -2.49. The molecule has 3 fully saturated rings. The van der Waals surface area contributed by atoms with E-state index >= 15 is 0 Å². The van der Waals surface area contributed by atoms with Gasteiger partial charge in [0.1, 0.15) is 28.2 Å². The van der Waals surface area contributed by atoms with Crippen molar-refractivity contribution in [1.82, 2.24) is 19.4 Å². The van der Waals surface area contributed by atoms with Gasteiger partial charge in [0.2, 0.25) is 15.9 Å². The quantitative estimate of drug-likeness (QED) is 0.255. The fourth-order valence-corrected chi connectivity index (χ4v) is 9.31. The lowest BCUT2D eigenvalue weighted by atomic mass is 9.70. The molecule has 2 N–H and O–H groups in total. The van der Waals surface area contributed by atoms with Gasteiger partial charge in [0.15, 0.2) is 0 Å². The van der Waals surface area contributed by atoms with Gasteiger partial charge in [0.05, 0.1) is 17.5 Å². The molecule has 8 nitrogen and oxygen atoms in total. The minimum absolute atomic E-state index is 0.231. The van der Waals surface area contributed by atoms with Gasteiger partial charge < -0.3 is 9.47 Å². The van der Waals surface area contributed by atoms with Crippen LogP contribution in [0.5, 0.6) is 0 Å². The van der Waals surface area contributed by atoms with Crippen molar-refractivity contribution in [3.63, 3.8) is 0 Å². The van der Waals surface area contributed by atoms with E-state index in [2.05, 4.69) is 34.6 Å². The number of carbonyl (C=O) groups excluding carboxylic acids is 1. The number of amides is 1. The van der Waals surface area contributed by atoms with Crippen molar-refractivity contribution in [2.45, 2.75) is 86.7 Å². The number of sulfonamides is 1. The third-order valence-corrected chi connectivity index (χ3v) is 12.0. The number of nitrogens with two attached hydrogens (primary N) is 1. The number of likely N-dealkylation sites (tertiary alicyclic amines) is 1. The van der Waals surface area contributed by atoms with Crippen LogP contribution in [0.2, 0.25) is 0 Å². The molecule has 1 amide bonds. The smallest absolute Gasteiger partial charge is 0.240 e. The van der Waals surface area contributed by atoms with E-state index < -0.39 is 38.9 Å². The largest absolute Gasteiger partial charge is 0.342 e. The Morgan fingerprint density at radius 3 is 2.33 bits per heavy atom. The molecule has 2 unspecified atom stereocenters. The molecule has 0 radical (unpaired) electrons. The van der Waals surface area contributed by atoms with E-state index in [1.165, 1.54) is 11.6 Å². The Kier molecular flexibility index (Phi) is 8.62. The van der Waals surface area contributed by atoms with Crippen molar-refractivity contribution in [2.24, 2.45) is 5.14 Å². The van der Waals surface area contributed by atoms with Crippen LogP contribution in [0.3, 0.4) is 0 Å². The maximum absolute atomic E-state index is 14.6. The SMILES string of the molecule is Cc1nc2ccccc2n1C1CC2CCC(C1)N2CCC1(c2cccc(F)c2)CCN(C(=O)Cc2cc(S(N)(=O)=O)c(F)cc2F)CC1. The number of aryl methyl sites for hydroxylation is 1. The van der Waals surface area contributed by atoms with Crippen molar-refractivity contribution in [3.05, 3.63) is 95.1 Å². The molecule has 2 bridgehead atoms. The predicted molar refractivity (Wildman–Crippen MR) is 176 cm³/mol. The maximum Gasteiger partial charge on any atom is 0.240 e. The number of imidazole rings is 1. The van der Waals surface area contributed by atoms with E-state index in [1.54, 1.807) is 17.0 Å². The molecule has 0 spiro atoms. The highest BCUT2D eigenvalue weighted by Crippen LogP contribution is 2.45. The summed E-state index contributed by atoms with van der Waals surface area (Å²) in [6.45, 7) is 3.71. The second-order valence-corrected chi connectivity index (χ2v) is 15.3. The number of piperidine rings is 2. The Bertz CT molecular complexity index is 1960. The molecule has 3 aliphatic heterocycles. The summed E-state index contributed by atoms with van der Waals surface area (Å²) in [5.41, 5.74) is 2.55. The summed E-state index contributed by atoms with van der Waals surface area (Å²) in [6.07, 6.45) is 5.99. The molecule has 7 rings (SSSR count). The fraction of sp³-hybridized carbons (Fsp3) is 0.444. The van der Waals surface area contributed by atoms with Crippen LogP contribution in [-0.4, -0.2) is 65.4 Å². The van der Waals surface area contributed by atoms with Crippen LogP contribution < -0.4 is 5.14 Å². The Hall–Kier alpha value is -3.74. The van der Waals surface area contributed by atoms with Gasteiger partial charge in [0, 0.05) is 37.3 Å². The van der Waals surface area contributed by atoms with Gasteiger partial charge in [-0.2, -0.15) is 0 Å². The predicted octanol–water partition coefficient (Wildman–Crippen LogP) is 5.77. The minimum atomic E-state index is -4.43. The Balaban J connectivity index is 1.06. The monoisotopic (exact) mass is 679 g/mol. The molecule has 12 heteroatoms. The summed E-state index contributed by atoms with van der Waals surface area (Å²) in [5, 5.41) is 5.08. The molecule has 0 saturated carbocycles. The second kappa shape index (κ2) is 12.6. The number of nitrogens with zero attached hydrogens (tertiary/aromatic N) is 4. The second-order valence-electron chi connectivity index (χ2n) is 13.8. The standard InChI is InChI=1S/C36H40F3N5O3S/c1-23-41-32-7-2-3-8-33(32)44(23)29-20-27-9-10-28(21-29)43(27)16-13-36(25-5-4-6-26(37)19-25)11-14-42(15-12-36)35(45)18-24-17-34(48(40,46)47)31(39)22-30(24)38/h2-8,17,19,22,27-29H,9-16,18,20-21H2,1H3,(H2,40,46,47). The summed E-state index contributed by atoms with van der Waals surface area (Å²) >= 11 is 0. The van der Waals surface area contributed by atoms with Gasteiger partial charge in [-0.3, -0.25) is 9.69 Å². The van der Waals surface area contributed by atoms with Crippen molar-refractivity contribution < 1.29 is 26.4 Å². The van der Waals surface area contributed by atoms with Crippen LogP contribution in [-0.2, 0) is 26.7 Å². The third-order valence-electron chi connectivity index (χ3n) is 11.1. The van der Waals surface area contributed by atoms with Gasteiger partial charge in [-0.1, -0.05) is 24.3 Å². The zero-order valence-corrected chi connectivity index (χ0v) is 27.7. The highest BCUT2D eigenvalue weighted by Gasteiger charge is 2.44. The molecule has 0 aliphatic carbocycles. The van der Waals surface area contributed by atoms with Gasteiger partial charge in [0.25, 0.3) is 0 Å². The van der Waals surface area contributed by atoms with Crippen molar-refractivity contribution >= 4 is 27.0 Å². The summed E-state index contributed by atoms with van der Waals surface area (Å²) < 4.78 is 69.2. The average molecular weight is 680 g/mol. The molecular weight excluding hydrogens is 639 g/mol. The summed E-state index contributed by atoms with van der Waals surface area (Å²) in [5.74, 6) is -1.95. The normalized spacial score (nSPS) is 22.8. The summed E-state index contributed by atoms with van der Waals surface area (Å²) in [6, 6.07) is 17.6. The van der Waals surface area contributed by atoms with Gasteiger partial charge in [-0.15, -0.1) is 0 Å². The van der Waals surface area contributed by atoms with E-state index in [9.17, 15) is 26.4 Å². The Morgan fingerprint density at radius 2 is 1.65 bits per heavy atom. The number of aromatic nitrogens is 2. The van der Waals surface area contributed by atoms with E-state index in [-0.39, 0.29) is 16.8 Å². The molecule has 4 heterocycles. The molecule has 3 aliphatic rings. The van der Waals surface area contributed by atoms with Gasteiger partial charge in [-0.05, 0) is 105 Å². The van der Waals surface area contributed by atoms with Crippen LogP contribution in [0.4, 0.5) is 13.2 Å². The zero-order chi connectivity index (χ0) is 33.8. The molecule has 4 aromatic rings. The van der Waals surface area contributed by atoms with Crippen LogP contribution in [0.15, 0.2) is 65.6 Å². The van der Waals surface area contributed by atoms with Crippen LogP contribution in [0.25, 0.3) is 11.0 Å². The first-order valence-electron chi connectivity index (χ1n) is 16.7. The first-order valence-corrected chi connectivity index (χ1v) is 18.2. The Labute approximate surface area is 278 Å². The van der Waals surface area contributed by atoms with E-state index in [1.807, 2.05) is 12.1 Å². The third kappa shape index (κ3) is 6.14. The minimum Gasteiger partial charge on any atom is -0.342 e. The highest BCUT2D eigenvalue weighted by atomic mass is 32.2. The number of halogens is 3. The van der Waals surface area contributed by atoms with Gasteiger partial charge in [-0.25, -0.2) is 31.7 Å². The zero-order valence-electron chi connectivity index (χ0n) is 26.9. The fourth-order valence-electron chi connectivity index (χ4n) is 8.68. The van der Waals surface area contributed by atoms with Crippen molar-refractivity contribution in [3.8, 4) is 0 Å². The number of fused-ring (bicyclic) bond motifs is 3. The molecule has 3 aromatic carbocycles. The van der Waals surface area contributed by atoms with Crippen LogP contribution in [0, 0.1) is 24.4 Å². The molecule has 1 aromatic heterocycles.